The maximum absolute atomic E-state index is 10.5. The van der Waals surface area contributed by atoms with E-state index in [1.165, 1.54) is 0 Å². The first-order valence-corrected chi connectivity index (χ1v) is 5.71. The Labute approximate surface area is 78.4 Å². The number of nitrogens with two attached hydrogens (primary N) is 2. The fourth-order valence-electron chi connectivity index (χ4n) is 0.702. The lowest BCUT2D eigenvalue weighted by Crippen LogP contribution is -2.31. The van der Waals surface area contributed by atoms with Gasteiger partial charge in [-0.3, -0.25) is 4.99 Å². The molecule has 0 aliphatic rings. The zero-order chi connectivity index (χ0) is 10.3. The highest BCUT2D eigenvalue weighted by atomic mass is 32.2. The van der Waals surface area contributed by atoms with Crippen molar-refractivity contribution < 1.29 is 8.42 Å². The van der Waals surface area contributed by atoms with Crippen LogP contribution in [0.2, 0.25) is 0 Å². The fraction of sp³-hybridized carbons (Fsp3) is 0.833. The maximum Gasteiger partial charge on any atom is 0.209 e. The zero-order valence-corrected chi connectivity index (χ0v) is 8.47. The predicted octanol–water partition coefficient (Wildman–Crippen LogP) is -1.41. The number of primary sulfonamides is 1. The molecule has 0 rings (SSSR count). The summed E-state index contributed by atoms with van der Waals surface area (Å²) in [7, 11) is -3.36. The number of nitrogens with one attached hydrogen (secondary N) is 1. The van der Waals surface area contributed by atoms with E-state index in [0.717, 1.165) is 0 Å². The zero-order valence-electron chi connectivity index (χ0n) is 7.66. The molecule has 0 unspecified atom stereocenters. The average molecular weight is 208 g/mol. The highest BCUT2D eigenvalue weighted by Crippen LogP contribution is 1.85. The standard InChI is InChI=1S/C6H16N4O2S/c1-2-9-6(7)10-4-3-5-13(8,11)12/h2-5H2,1H3,(H3,7,9,10)(H2,8,11,12). The second-order valence-electron chi connectivity index (χ2n) is 2.52. The minimum atomic E-state index is -3.36. The Hall–Kier alpha value is -0.820. The lowest BCUT2D eigenvalue weighted by molar-refractivity contribution is 0.595. The van der Waals surface area contributed by atoms with Gasteiger partial charge < -0.3 is 11.1 Å². The Morgan fingerprint density at radius 1 is 1.54 bits per heavy atom. The van der Waals surface area contributed by atoms with Crippen LogP contribution in [-0.2, 0) is 10.0 Å². The van der Waals surface area contributed by atoms with Gasteiger partial charge in [0.1, 0.15) is 0 Å². The Bertz CT molecular complexity index is 260. The molecule has 5 N–H and O–H groups in total. The van der Waals surface area contributed by atoms with Crippen molar-refractivity contribution in [1.82, 2.24) is 5.32 Å². The molecule has 0 amide bonds. The minimum Gasteiger partial charge on any atom is -0.370 e. The molecule has 0 radical (unpaired) electrons. The van der Waals surface area contributed by atoms with Crippen molar-refractivity contribution in [3.63, 3.8) is 0 Å². The lowest BCUT2D eigenvalue weighted by Gasteiger charge is -2.00. The Morgan fingerprint density at radius 2 is 2.15 bits per heavy atom. The van der Waals surface area contributed by atoms with E-state index in [9.17, 15) is 8.42 Å². The van der Waals surface area contributed by atoms with Crippen LogP contribution in [0.25, 0.3) is 0 Å². The number of guanidine groups is 1. The molecule has 0 fully saturated rings. The highest BCUT2D eigenvalue weighted by Gasteiger charge is 2.00. The van der Waals surface area contributed by atoms with Gasteiger partial charge in [0.25, 0.3) is 0 Å². The number of nitrogens with zero attached hydrogens (tertiary/aromatic N) is 1. The largest absolute Gasteiger partial charge is 0.370 e. The van der Waals surface area contributed by atoms with Crippen molar-refractivity contribution in [3.8, 4) is 0 Å². The molecule has 0 heterocycles. The summed E-state index contributed by atoms with van der Waals surface area (Å²) in [4.78, 5) is 3.88. The quantitative estimate of drug-likeness (QED) is 0.293. The molecule has 0 spiro atoms. The third kappa shape index (κ3) is 9.09. The second kappa shape index (κ2) is 5.76. The van der Waals surface area contributed by atoms with Crippen LogP contribution in [0.3, 0.4) is 0 Å². The summed E-state index contributed by atoms with van der Waals surface area (Å²) in [6.45, 7) is 2.96. The first-order valence-electron chi connectivity index (χ1n) is 4.00. The molecular weight excluding hydrogens is 192 g/mol. The molecule has 0 bridgehead atoms. The summed E-state index contributed by atoms with van der Waals surface area (Å²) in [6, 6.07) is 0. The maximum atomic E-state index is 10.5. The molecule has 0 aliphatic heterocycles. The number of aliphatic imine (C=N–C) groups is 1. The van der Waals surface area contributed by atoms with Gasteiger partial charge in [-0.1, -0.05) is 0 Å². The van der Waals surface area contributed by atoms with Crippen LogP contribution in [0.5, 0.6) is 0 Å². The summed E-state index contributed by atoms with van der Waals surface area (Å²) in [5, 5.41) is 7.58. The second-order valence-corrected chi connectivity index (χ2v) is 4.25. The number of rotatable bonds is 5. The van der Waals surface area contributed by atoms with Gasteiger partial charge in [-0.15, -0.1) is 0 Å². The van der Waals surface area contributed by atoms with E-state index in [1.807, 2.05) is 6.92 Å². The van der Waals surface area contributed by atoms with Gasteiger partial charge >= 0.3 is 0 Å². The topological polar surface area (TPSA) is 111 Å². The Kier molecular flexibility index (Phi) is 5.40. The average Bonchev–Trinajstić information content (AvgIpc) is 1.97. The molecule has 0 aromatic carbocycles. The van der Waals surface area contributed by atoms with Gasteiger partial charge in [0.05, 0.1) is 5.75 Å². The summed E-state index contributed by atoms with van der Waals surface area (Å²) in [5.74, 6) is 0.271. The van der Waals surface area contributed by atoms with E-state index >= 15 is 0 Å². The molecule has 0 saturated carbocycles. The number of hydrogen-bond acceptors (Lipinski definition) is 3. The van der Waals surface area contributed by atoms with Gasteiger partial charge in [0.15, 0.2) is 5.96 Å². The van der Waals surface area contributed by atoms with Gasteiger partial charge in [0, 0.05) is 13.1 Å². The van der Waals surface area contributed by atoms with Gasteiger partial charge in [0.2, 0.25) is 10.0 Å². The van der Waals surface area contributed by atoms with Crippen molar-refractivity contribution in [2.24, 2.45) is 15.9 Å². The third-order valence-electron chi connectivity index (χ3n) is 1.23. The molecule has 7 heteroatoms. The molecule has 78 valence electrons. The van der Waals surface area contributed by atoms with Crippen molar-refractivity contribution >= 4 is 16.0 Å². The third-order valence-corrected chi connectivity index (χ3v) is 2.08. The van der Waals surface area contributed by atoms with Gasteiger partial charge in [-0.05, 0) is 13.3 Å². The number of sulfonamides is 1. The van der Waals surface area contributed by atoms with Crippen molar-refractivity contribution in [1.29, 1.82) is 0 Å². The molecular formula is C6H16N4O2S. The monoisotopic (exact) mass is 208 g/mol. The minimum absolute atomic E-state index is 0.0596. The van der Waals surface area contributed by atoms with Crippen LogP contribution < -0.4 is 16.2 Å². The van der Waals surface area contributed by atoms with Crippen LogP contribution >= 0.6 is 0 Å². The van der Waals surface area contributed by atoms with Crippen LogP contribution in [0.1, 0.15) is 13.3 Å². The van der Waals surface area contributed by atoms with Crippen molar-refractivity contribution in [2.45, 2.75) is 13.3 Å². The van der Waals surface area contributed by atoms with E-state index in [-0.39, 0.29) is 5.75 Å². The van der Waals surface area contributed by atoms with E-state index in [1.54, 1.807) is 0 Å². The van der Waals surface area contributed by atoms with E-state index in [4.69, 9.17) is 10.9 Å². The SMILES string of the molecule is CCNC(N)=NCCCS(N)(=O)=O. The van der Waals surface area contributed by atoms with Crippen LogP contribution in [-0.4, -0.2) is 33.2 Å². The van der Waals surface area contributed by atoms with Gasteiger partial charge in [-0.25, -0.2) is 13.6 Å². The number of hydrogen-bond donors (Lipinski definition) is 3. The molecule has 0 aromatic rings. The van der Waals surface area contributed by atoms with Gasteiger partial charge in [-0.2, -0.15) is 0 Å². The first-order chi connectivity index (χ1) is 5.95. The molecule has 13 heavy (non-hydrogen) atoms. The summed E-state index contributed by atoms with van der Waals surface area (Å²) in [6.07, 6.45) is 0.394. The normalized spacial score (nSPS) is 12.9. The van der Waals surface area contributed by atoms with E-state index in [2.05, 4.69) is 10.3 Å². The summed E-state index contributed by atoms with van der Waals surface area (Å²) < 4.78 is 21.0. The van der Waals surface area contributed by atoms with Crippen LogP contribution in [0.4, 0.5) is 0 Å². The van der Waals surface area contributed by atoms with Crippen LogP contribution in [0.15, 0.2) is 4.99 Å². The summed E-state index contributed by atoms with van der Waals surface area (Å²) in [5.41, 5.74) is 5.39. The summed E-state index contributed by atoms with van der Waals surface area (Å²) >= 11 is 0. The smallest absolute Gasteiger partial charge is 0.209 e. The molecule has 0 aliphatic carbocycles. The Balaban J connectivity index is 3.61. The Morgan fingerprint density at radius 3 is 2.62 bits per heavy atom. The molecule has 0 saturated heterocycles. The molecule has 0 atom stereocenters. The van der Waals surface area contributed by atoms with E-state index in [0.29, 0.717) is 25.5 Å². The highest BCUT2D eigenvalue weighted by molar-refractivity contribution is 7.89. The van der Waals surface area contributed by atoms with Crippen LogP contribution in [0, 0.1) is 0 Å². The van der Waals surface area contributed by atoms with Crippen molar-refractivity contribution in [2.75, 3.05) is 18.8 Å². The molecule has 0 aromatic heterocycles. The fourth-order valence-corrected chi connectivity index (χ4v) is 1.23. The van der Waals surface area contributed by atoms with Crippen molar-refractivity contribution in [3.05, 3.63) is 0 Å². The lowest BCUT2D eigenvalue weighted by atomic mass is 10.5. The molecule has 6 nitrogen and oxygen atoms in total. The first kappa shape index (κ1) is 12.2. The van der Waals surface area contributed by atoms with E-state index < -0.39 is 10.0 Å². The predicted molar refractivity (Wildman–Crippen MR) is 52.8 cm³/mol.